The molecule has 0 bridgehead atoms. The van der Waals surface area contributed by atoms with E-state index in [2.05, 4.69) is 13.2 Å². The third-order valence-electron chi connectivity index (χ3n) is 0.483. The summed E-state index contributed by atoms with van der Waals surface area (Å²) in [5.74, 6) is 0. The van der Waals surface area contributed by atoms with E-state index in [1.54, 1.807) is 11.4 Å². The van der Waals surface area contributed by atoms with E-state index in [0.717, 1.165) is 0 Å². The first-order valence-electron chi connectivity index (χ1n) is 2.19. The summed E-state index contributed by atoms with van der Waals surface area (Å²) in [4.78, 5) is 15.7. The van der Waals surface area contributed by atoms with Gasteiger partial charge >= 0.3 is 21.1 Å². The van der Waals surface area contributed by atoms with Crippen LogP contribution in [0.25, 0.3) is 0 Å². The molecule has 0 aromatic rings. The van der Waals surface area contributed by atoms with Gasteiger partial charge in [0.25, 0.3) is 0 Å². The van der Waals surface area contributed by atoms with Crippen LogP contribution in [0.1, 0.15) is 0 Å². The molecule has 13 heavy (non-hydrogen) atoms. The van der Waals surface area contributed by atoms with Gasteiger partial charge in [-0.3, -0.25) is 0 Å². The molecule has 0 aliphatic carbocycles. The average Bonchev–Trinajstić information content (AvgIpc) is 1.91. The van der Waals surface area contributed by atoms with Crippen molar-refractivity contribution in [3.05, 3.63) is 54.3 Å². The van der Waals surface area contributed by atoms with Crippen LogP contribution in [0, 0.1) is 29.7 Å². The third-order valence-corrected chi connectivity index (χ3v) is 1.45. The van der Waals surface area contributed by atoms with E-state index in [-0.39, 0.29) is 50.8 Å². The van der Waals surface area contributed by atoms with Crippen molar-refractivity contribution in [2.45, 2.75) is 0 Å². The summed E-state index contributed by atoms with van der Waals surface area (Å²) in [5, 5.41) is 0. The maximum absolute atomic E-state index is 8.57. The molecule has 0 aromatic heterocycles. The average molecular weight is 404 g/mol. The standard InChI is InChI=1S/C4H8OSi.4CH3.H4OSi.Pt/c1-3-6(5)4-2;;;;;1-2;/h3-6H,1-2H2;4*1H3;1H,2H3;/q;4*-1;;+4. The molecule has 0 saturated heterocycles. The van der Waals surface area contributed by atoms with Crippen molar-refractivity contribution in [2.24, 2.45) is 0 Å². The van der Waals surface area contributed by atoms with Crippen LogP contribution in [-0.4, -0.2) is 29.1 Å². The van der Waals surface area contributed by atoms with Gasteiger partial charge in [-0.2, -0.15) is 0 Å². The van der Waals surface area contributed by atoms with Crippen LogP contribution in [0.3, 0.4) is 0 Å². The molecule has 5 heteroatoms. The van der Waals surface area contributed by atoms with Crippen LogP contribution >= 0.6 is 0 Å². The van der Waals surface area contributed by atoms with Crippen LogP contribution < -0.4 is 0 Å². The van der Waals surface area contributed by atoms with Crippen molar-refractivity contribution in [3.63, 3.8) is 0 Å². The minimum atomic E-state index is -1.63. The maximum atomic E-state index is 8.57. The Kier molecular flexibility index (Phi) is 209. The van der Waals surface area contributed by atoms with Crippen LogP contribution in [-0.2, 0) is 21.1 Å². The van der Waals surface area contributed by atoms with E-state index in [0.29, 0.717) is 10.5 Å². The van der Waals surface area contributed by atoms with E-state index < -0.39 is 9.04 Å². The van der Waals surface area contributed by atoms with Gasteiger partial charge < -0.3 is 39.3 Å². The second kappa shape index (κ2) is 54.5. The zero-order valence-electron chi connectivity index (χ0n) is 9.36. The third kappa shape index (κ3) is 67.8. The van der Waals surface area contributed by atoms with Crippen molar-refractivity contribution in [2.75, 3.05) is 0 Å². The van der Waals surface area contributed by atoms with E-state index in [1.807, 2.05) is 0 Å². The molecule has 0 amide bonds. The molecule has 0 aliphatic rings. The number of hydrogen-bond acceptors (Lipinski definition) is 2. The molecule has 2 nitrogen and oxygen atoms in total. The first-order valence-corrected chi connectivity index (χ1v) is 4.93. The van der Waals surface area contributed by atoms with Gasteiger partial charge in [-0.25, -0.2) is 0 Å². The molecule has 86 valence electrons. The molecular weight excluding hydrogens is 379 g/mol. The summed E-state index contributed by atoms with van der Waals surface area (Å²) in [7, 11) is -1.33. The second-order valence-corrected chi connectivity index (χ2v) is 2.89. The monoisotopic (exact) mass is 403 g/mol. The van der Waals surface area contributed by atoms with Crippen molar-refractivity contribution in [1.29, 1.82) is 0 Å². The molecule has 0 heterocycles. The van der Waals surface area contributed by atoms with Gasteiger partial charge in [-0.15, -0.1) is 13.2 Å². The largest absolute Gasteiger partial charge is 4.00 e. The minimum absolute atomic E-state index is 0. The topological polar surface area (TPSA) is 40.5 Å². The zero-order chi connectivity index (χ0) is 6.99. The Morgan fingerprint density at radius 3 is 1.08 bits per heavy atom. The molecule has 0 aromatic carbocycles. The van der Waals surface area contributed by atoms with Crippen LogP contribution in [0.5, 0.6) is 0 Å². The molecule has 0 rings (SSSR count). The Balaban J connectivity index is -0.00000000966. The molecule has 0 aliphatic heterocycles. The van der Waals surface area contributed by atoms with Crippen molar-refractivity contribution in [1.82, 2.24) is 0 Å². The Hall–Kier alpha value is 0.522. The first-order chi connectivity index (χ1) is 3.81. The van der Waals surface area contributed by atoms with E-state index >= 15 is 0 Å². The van der Waals surface area contributed by atoms with Gasteiger partial charge in [-0.1, -0.05) is 11.4 Å². The first kappa shape index (κ1) is 49.8. The summed E-state index contributed by atoms with van der Waals surface area (Å²) in [6.45, 7) is 6.74. The Bertz CT molecular complexity index is 65.2. The SMILES string of the molecule is C=C[SiH](O)C=C.O[SiH3].[CH3-].[CH3-].[CH3-].[CH3-].[Pt+4]. The Morgan fingerprint density at radius 2 is 1.08 bits per heavy atom. The van der Waals surface area contributed by atoms with E-state index in [9.17, 15) is 0 Å². The van der Waals surface area contributed by atoms with Gasteiger partial charge in [0, 0.05) is 0 Å². The molecule has 0 spiro atoms. The smallest absolute Gasteiger partial charge is 0.442 e. The fraction of sp³-hybridized carbons (Fsp3) is 0. The summed E-state index contributed by atoms with van der Waals surface area (Å²) < 4.78 is 0. The van der Waals surface area contributed by atoms with Crippen LogP contribution in [0.4, 0.5) is 0 Å². The van der Waals surface area contributed by atoms with Crippen molar-refractivity contribution >= 4 is 19.5 Å². The number of hydrogen-bond donors (Lipinski definition) is 2. The fourth-order valence-corrected chi connectivity index (χ4v) is 0.289. The molecule has 0 unspecified atom stereocenters. The van der Waals surface area contributed by atoms with Crippen molar-refractivity contribution < 1.29 is 30.7 Å². The van der Waals surface area contributed by atoms with Gasteiger partial charge in [-0.05, 0) is 0 Å². The summed E-state index contributed by atoms with van der Waals surface area (Å²) in [6, 6.07) is 0. The van der Waals surface area contributed by atoms with Gasteiger partial charge in [0.2, 0.25) is 9.04 Å². The second-order valence-electron chi connectivity index (χ2n) is 0.962. The van der Waals surface area contributed by atoms with Gasteiger partial charge in [0.15, 0.2) is 0 Å². The predicted octanol–water partition coefficient (Wildman–Crippen LogP) is 0.211. The number of rotatable bonds is 2. The van der Waals surface area contributed by atoms with E-state index in [1.165, 1.54) is 0 Å². The molecule has 0 saturated carbocycles. The molecular formula is C8H24O2PtSi2. The maximum Gasteiger partial charge on any atom is 4.00 e. The predicted molar refractivity (Wildman–Crippen MR) is 67.6 cm³/mol. The Morgan fingerprint density at radius 1 is 0.923 bits per heavy atom. The quantitative estimate of drug-likeness (QED) is 0.511. The molecule has 0 radical (unpaired) electrons. The van der Waals surface area contributed by atoms with Crippen LogP contribution in [0.2, 0.25) is 0 Å². The Labute approximate surface area is 104 Å². The summed E-state index contributed by atoms with van der Waals surface area (Å²) in [6.07, 6.45) is 0. The van der Waals surface area contributed by atoms with Gasteiger partial charge in [0.1, 0.15) is 10.5 Å². The molecule has 0 fully saturated rings. The van der Waals surface area contributed by atoms with Crippen molar-refractivity contribution in [3.8, 4) is 0 Å². The van der Waals surface area contributed by atoms with Crippen LogP contribution in [0.15, 0.2) is 24.6 Å². The summed E-state index contributed by atoms with van der Waals surface area (Å²) >= 11 is 0. The molecule has 0 atom stereocenters. The zero-order valence-corrected chi connectivity index (χ0v) is 14.8. The fourth-order valence-electron chi connectivity index (χ4n) is 0.0962. The minimum Gasteiger partial charge on any atom is -0.442 e. The summed E-state index contributed by atoms with van der Waals surface area (Å²) in [5.41, 5.74) is 3.10. The van der Waals surface area contributed by atoms with Gasteiger partial charge in [0.05, 0.1) is 0 Å². The normalized spacial score (nSPS) is 4.54. The molecule has 2 N–H and O–H groups in total. The van der Waals surface area contributed by atoms with E-state index in [4.69, 9.17) is 9.59 Å².